The van der Waals surface area contributed by atoms with Crippen molar-refractivity contribution in [2.75, 3.05) is 20.0 Å². The number of aryl methyl sites for hydroxylation is 1. The molecule has 78 valence electrons. The van der Waals surface area contributed by atoms with Gasteiger partial charge in [0.2, 0.25) is 0 Å². The van der Waals surface area contributed by atoms with E-state index >= 15 is 0 Å². The summed E-state index contributed by atoms with van der Waals surface area (Å²) in [5.41, 5.74) is 2.60. The Morgan fingerprint density at radius 1 is 1.21 bits per heavy atom. The van der Waals surface area contributed by atoms with Gasteiger partial charge in [-0.2, -0.15) is 0 Å². The molecule has 0 unspecified atom stereocenters. The molecule has 0 aromatic heterocycles. The molecule has 1 aromatic carbocycles. The summed E-state index contributed by atoms with van der Waals surface area (Å²) in [7, 11) is 4.23. The summed E-state index contributed by atoms with van der Waals surface area (Å²) in [6.45, 7) is 3.04. The van der Waals surface area contributed by atoms with Crippen molar-refractivity contribution in [3.8, 4) is 0 Å². The Balaban J connectivity index is 2.64. The van der Waals surface area contributed by atoms with E-state index in [-0.39, 0.29) is 0 Å². The molecule has 0 saturated carbocycles. The van der Waals surface area contributed by atoms with Crippen LogP contribution in [0.2, 0.25) is 0 Å². The van der Waals surface area contributed by atoms with Gasteiger partial charge in [0, 0.05) is 17.6 Å². The zero-order valence-corrected chi connectivity index (χ0v) is 9.84. The average molecular weight is 212 g/mol. The molecule has 0 radical (unpaired) electrons. The minimum absolute atomic E-state index is 0.716. The van der Waals surface area contributed by atoms with Crippen molar-refractivity contribution in [3.63, 3.8) is 0 Å². The average Bonchev–Trinajstić information content (AvgIpc) is 2.08. The van der Waals surface area contributed by atoms with Crippen LogP contribution < -0.4 is 0 Å². The fourth-order valence-corrected chi connectivity index (χ4v) is 1.79. The molecule has 0 heterocycles. The van der Waals surface area contributed by atoms with Crippen LogP contribution in [0.25, 0.3) is 0 Å². The standard InChI is InChI=1S/C11H17NOS/c1-10-4-6-11(7-5-10)8-12(2,3)9-14-13/h4-7H,8-9H2,1-3H3/p+1. The zero-order valence-electron chi connectivity index (χ0n) is 9.03. The largest absolute Gasteiger partial charge is 0.326 e. The summed E-state index contributed by atoms with van der Waals surface area (Å²) in [5.74, 6) is 0.716. The van der Waals surface area contributed by atoms with Crippen molar-refractivity contribution in [2.45, 2.75) is 13.5 Å². The molecule has 0 aliphatic carbocycles. The third-order valence-electron chi connectivity index (χ3n) is 2.14. The molecule has 2 nitrogen and oxygen atoms in total. The van der Waals surface area contributed by atoms with E-state index in [2.05, 4.69) is 45.3 Å². The topological polar surface area (TPSA) is 20.2 Å². The zero-order chi connectivity index (χ0) is 10.6. The number of quaternary nitrogens is 1. The molecule has 0 aliphatic rings. The predicted octanol–water partition coefficient (Wildman–Crippen LogP) is 2.74. The summed E-state index contributed by atoms with van der Waals surface area (Å²) < 4.78 is 9.62. The van der Waals surface area contributed by atoms with Crippen molar-refractivity contribution in [1.29, 1.82) is 0 Å². The molecule has 3 heteroatoms. The van der Waals surface area contributed by atoms with Gasteiger partial charge in [0.05, 0.1) is 14.1 Å². The van der Waals surface area contributed by atoms with Crippen LogP contribution in [-0.4, -0.2) is 29.0 Å². The smallest absolute Gasteiger partial charge is 0.151 e. The molecular weight excluding hydrogens is 194 g/mol. The Morgan fingerprint density at radius 3 is 2.29 bits per heavy atom. The monoisotopic (exact) mass is 212 g/mol. The number of nitrogens with zero attached hydrogens (tertiary/aromatic N) is 1. The normalized spacial score (nSPS) is 11.7. The lowest BCUT2D eigenvalue weighted by Crippen LogP contribution is -2.38. The molecule has 0 atom stereocenters. The molecule has 1 aromatic rings. The fourth-order valence-electron chi connectivity index (χ4n) is 1.39. The molecule has 0 spiro atoms. The molecule has 0 fully saturated rings. The first-order valence-corrected chi connectivity index (χ1v) is 5.62. The van der Waals surface area contributed by atoms with Crippen LogP contribution in [0.4, 0.5) is 0 Å². The van der Waals surface area contributed by atoms with Crippen molar-refractivity contribution in [2.24, 2.45) is 0 Å². The molecule has 0 saturated heterocycles. The minimum Gasteiger partial charge on any atom is -0.326 e. The lowest BCUT2D eigenvalue weighted by atomic mass is 10.1. The molecule has 14 heavy (non-hydrogen) atoms. The van der Waals surface area contributed by atoms with E-state index in [1.54, 1.807) is 0 Å². The Kier molecular flexibility index (Phi) is 3.98. The van der Waals surface area contributed by atoms with Gasteiger partial charge in [-0.15, -0.1) is 0 Å². The van der Waals surface area contributed by atoms with E-state index in [1.807, 2.05) is 0 Å². The Morgan fingerprint density at radius 2 is 1.79 bits per heavy atom. The maximum Gasteiger partial charge on any atom is 0.151 e. The third kappa shape index (κ3) is 3.70. The SMILES string of the molecule is Cc1ccc(C[N+](C)(C)CSO)cc1. The van der Waals surface area contributed by atoms with Crippen LogP contribution in [0, 0.1) is 6.92 Å². The van der Waals surface area contributed by atoms with E-state index < -0.39 is 0 Å². The maximum atomic E-state index is 8.83. The van der Waals surface area contributed by atoms with Gasteiger partial charge in [-0.3, -0.25) is 0 Å². The van der Waals surface area contributed by atoms with Gasteiger partial charge in [-0.1, -0.05) is 29.8 Å². The highest BCUT2D eigenvalue weighted by atomic mass is 32.2. The first-order chi connectivity index (χ1) is 6.53. The van der Waals surface area contributed by atoms with Crippen molar-refractivity contribution in [3.05, 3.63) is 35.4 Å². The Labute approximate surface area is 90.4 Å². The quantitative estimate of drug-likeness (QED) is 0.470. The van der Waals surface area contributed by atoms with Crippen LogP contribution in [0.15, 0.2) is 24.3 Å². The van der Waals surface area contributed by atoms with Crippen LogP contribution >= 0.6 is 12.0 Å². The van der Waals surface area contributed by atoms with Gasteiger partial charge in [-0.05, 0) is 6.92 Å². The number of hydrogen-bond acceptors (Lipinski definition) is 2. The van der Waals surface area contributed by atoms with Gasteiger partial charge in [0.15, 0.2) is 5.88 Å². The van der Waals surface area contributed by atoms with Gasteiger partial charge in [0.1, 0.15) is 6.54 Å². The van der Waals surface area contributed by atoms with E-state index in [0.717, 1.165) is 23.1 Å². The Bertz CT molecular complexity index is 282. The van der Waals surface area contributed by atoms with Crippen LogP contribution in [-0.2, 0) is 6.54 Å². The lowest BCUT2D eigenvalue weighted by molar-refractivity contribution is -0.891. The van der Waals surface area contributed by atoms with Crippen LogP contribution in [0.5, 0.6) is 0 Å². The summed E-state index contributed by atoms with van der Waals surface area (Å²) in [5, 5.41) is 0. The second-order valence-corrected chi connectivity index (χ2v) is 4.85. The second-order valence-electron chi connectivity index (χ2n) is 4.34. The molecule has 1 N–H and O–H groups in total. The lowest BCUT2D eigenvalue weighted by Gasteiger charge is -2.28. The van der Waals surface area contributed by atoms with Crippen molar-refractivity contribution < 1.29 is 9.04 Å². The molecule has 0 bridgehead atoms. The van der Waals surface area contributed by atoms with E-state index in [9.17, 15) is 0 Å². The minimum atomic E-state index is 0.716. The molecule has 1 rings (SSSR count). The van der Waals surface area contributed by atoms with Crippen molar-refractivity contribution >= 4 is 12.0 Å². The summed E-state index contributed by atoms with van der Waals surface area (Å²) in [6, 6.07) is 8.55. The summed E-state index contributed by atoms with van der Waals surface area (Å²) in [6.07, 6.45) is 0. The van der Waals surface area contributed by atoms with Crippen molar-refractivity contribution in [1.82, 2.24) is 0 Å². The van der Waals surface area contributed by atoms with E-state index in [1.165, 1.54) is 11.1 Å². The Hall–Kier alpha value is -0.510. The number of rotatable bonds is 4. The van der Waals surface area contributed by atoms with Gasteiger partial charge in [0.25, 0.3) is 0 Å². The highest BCUT2D eigenvalue weighted by molar-refractivity contribution is 7.93. The second kappa shape index (κ2) is 4.82. The summed E-state index contributed by atoms with van der Waals surface area (Å²) in [4.78, 5) is 0. The van der Waals surface area contributed by atoms with Gasteiger partial charge in [-0.25, -0.2) is 0 Å². The highest BCUT2D eigenvalue weighted by Crippen LogP contribution is 2.13. The number of hydrogen-bond donors (Lipinski definition) is 1. The van der Waals surface area contributed by atoms with E-state index in [0.29, 0.717) is 5.88 Å². The predicted molar refractivity (Wildman–Crippen MR) is 62.1 cm³/mol. The first-order valence-electron chi connectivity index (χ1n) is 4.67. The van der Waals surface area contributed by atoms with Gasteiger partial charge < -0.3 is 9.04 Å². The molecule has 0 amide bonds. The highest BCUT2D eigenvalue weighted by Gasteiger charge is 2.15. The van der Waals surface area contributed by atoms with Crippen LogP contribution in [0.3, 0.4) is 0 Å². The molecule has 0 aliphatic heterocycles. The van der Waals surface area contributed by atoms with E-state index in [4.69, 9.17) is 4.55 Å². The van der Waals surface area contributed by atoms with Crippen LogP contribution in [0.1, 0.15) is 11.1 Å². The summed E-state index contributed by atoms with van der Waals surface area (Å²) >= 11 is 0.903. The first kappa shape index (κ1) is 11.6. The fraction of sp³-hybridized carbons (Fsp3) is 0.455. The third-order valence-corrected chi connectivity index (χ3v) is 2.95. The number of benzene rings is 1. The maximum absolute atomic E-state index is 8.83. The van der Waals surface area contributed by atoms with Gasteiger partial charge >= 0.3 is 0 Å². The molecular formula is C11H18NOS+.